The van der Waals surface area contributed by atoms with Gasteiger partial charge in [-0.3, -0.25) is 4.68 Å². The molecule has 2 aromatic rings. The first-order chi connectivity index (χ1) is 9.11. The van der Waals surface area contributed by atoms with Crippen molar-refractivity contribution >= 4 is 27.5 Å². The van der Waals surface area contributed by atoms with E-state index < -0.39 is 0 Å². The van der Waals surface area contributed by atoms with E-state index in [0.717, 1.165) is 33.7 Å². The highest BCUT2D eigenvalue weighted by molar-refractivity contribution is 9.10. The van der Waals surface area contributed by atoms with E-state index in [1.54, 1.807) is 0 Å². The number of aryl methyl sites for hydroxylation is 1. The minimum absolute atomic E-state index is 0.0502. The molecule has 5 heteroatoms. The lowest BCUT2D eigenvalue weighted by molar-refractivity contribution is 0.574. The summed E-state index contributed by atoms with van der Waals surface area (Å²) in [6.07, 6.45) is 3.02. The summed E-state index contributed by atoms with van der Waals surface area (Å²) in [5.41, 5.74) is 2.11. The predicted octanol–water partition coefficient (Wildman–Crippen LogP) is 3.93. The maximum Gasteiger partial charge on any atom is 0.0839 e. The van der Waals surface area contributed by atoms with Crippen LogP contribution in [0.25, 0.3) is 0 Å². The topological polar surface area (TPSA) is 29.9 Å². The highest BCUT2D eigenvalue weighted by Crippen LogP contribution is 2.30. The van der Waals surface area contributed by atoms with Crippen LogP contribution in [0.3, 0.4) is 0 Å². The highest BCUT2D eigenvalue weighted by atomic mass is 79.9. The van der Waals surface area contributed by atoms with Crippen LogP contribution in [0.15, 0.2) is 34.9 Å². The monoisotopic (exact) mass is 341 g/mol. The standard InChI is InChI=1S/C14H17BrClN3/c1-3-7-17-14(13-6-8-19(2)18-13)11-9-10(16)4-5-12(11)15/h4-6,8-9,14,17H,3,7H2,1-2H3. The minimum atomic E-state index is 0.0502. The van der Waals surface area contributed by atoms with Crippen LogP contribution in [0.4, 0.5) is 0 Å². The van der Waals surface area contributed by atoms with Crippen LogP contribution in [0, 0.1) is 0 Å². The van der Waals surface area contributed by atoms with Crippen LogP contribution < -0.4 is 5.32 Å². The molecule has 0 aliphatic carbocycles. The summed E-state index contributed by atoms with van der Waals surface area (Å²) in [5.74, 6) is 0. The average Bonchev–Trinajstić information content (AvgIpc) is 2.80. The molecule has 0 aliphatic rings. The summed E-state index contributed by atoms with van der Waals surface area (Å²) in [4.78, 5) is 0. The van der Waals surface area contributed by atoms with Gasteiger partial charge >= 0.3 is 0 Å². The first kappa shape index (κ1) is 14.6. The molecule has 0 amide bonds. The van der Waals surface area contributed by atoms with E-state index in [1.165, 1.54) is 0 Å². The summed E-state index contributed by atoms with van der Waals surface area (Å²) in [5, 5.41) is 8.75. The van der Waals surface area contributed by atoms with Gasteiger partial charge in [0.25, 0.3) is 0 Å². The maximum atomic E-state index is 6.11. The number of nitrogens with one attached hydrogen (secondary N) is 1. The Morgan fingerprint density at radius 3 is 2.84 bits per heavy atom. The molecule has 0 fully saturated rings. The predicted molar refractivity (Wildman–Crippen MR) is 82.5 cm³/mol. The fraction of sp³-hybridized carbons (Fsp3) is 0.357. The zero-order valence-electron chi connectivity index (χ0n) is 11.0. The molecule has 0 bridgehead atoms. The third-order valence-corrected chi connectivity index (χ3v) is 3.85. The lowest BCUT2D eigenvalue weighted by Crippen LogP contribution is -2.24. The van der Waals surface area contributed by atoms with E-state index in [4.69, 9.17) is 11.6 Å². The van der Waals surface area contributed by atoms with E-state index in [2.05, 4.69) is 33.3 Å². The zero-order chi connectivity index (χ0) is 13.8. The molecule has 0 radical (unpaired) electrons. The van der Waals surface area contributed by atoms with Gasteiger partial charge in [-0.05, 0) is 42.8 Å². The molecule has 1 aromatic heterocycles. The van der Waals surface area contributed by atoms with Gasteiger partial charge in [-0.25, -0.2) is 0 Å². The number of rotatable bonds is 5. The second kappa shape index (κ2) is 6.55. The second-order valence-electron chi connectivity index (χ2n) is 4.47. The molecule has 1 N–H and O–H groups in total. The summed E-state index contributed by atoms with van der Waals surface area (Å²) in [6.45, 7) is 3.08. The smallest absolute Gasteiger partial charge is 0.0839 e. The minimum Gasteiger partial charge on any atom is -0.305 e. The lowest BCUT2D eigenvalue weighted by atomic mass is 10.0. The Morgan fingerprint density at radius 1 is 1.42 bits per heavy atom. The lowest BCUT2D eigenvalue weighted by Gasteiger charge is -2.18. The van der Waals surface area contributed by atoms with Gasteiger partial charge in [0.05, 0.1) is 11.7 Å². The zero-order valence-corrected chi connectivity index (χ0v) is 13.4. The normalized spacial score (nSPS) is 12.6. The van der Waals surface area contributed by atoms with Crippen molar-refractivity contribution < 1.29 is 0 Å². The molecule has 0 aliphatic heterocycles. The number of hydrogen-bond acceptors (Lipinski definition) is 2. The summed E-state index contributed by atoms with van der Waals surface area (Å²) < 4.78 is 2.85. The Morgan fingerprint density at radius 2 is 2.21 bits per heavy atom. The number of aromatic nitrogens is 2. The van der Waals surface area contributed by atoms with E-state index in [-0.39, 0.29) is 6.04 Å². The van der Waals surface area contributed by atoms with Crippen molar-refractivity contribution in [2.45, 2.75) is 19.4 Å². The molecule has 19 heavy (non-hydrogen) atoms. The van der Waals surface area contributed by atoms with Crippen LogP contribution in [0.2, 0.25) is 5.02 Å². The Kier molecular flexibility index (Phi) is 5.02. The van der Waals surface area contributed by atoms with E-state index in [1.807, 2.05) is 42.2 Å². The second-order valence-corrected chi connectivity index (χ2v) is 5.76. The third-order valence-electron chi connectivity index (χ3n) is 2.90. The molecular weight excluding hydrogens is 326 g/mol. The molecule has 0 saturated carbocycles. The van der Waals surface area contributed by atoms with Crippen molar-refractivity contribution in [3.05, 3.63) is 51.2 Å². The van der Waals surface area contributed by atoms with Gasteiger partial charge in [-0.1, -0.05) is 34.5 Å². The summed E-state index contributed by atoms with van der Waals surface area (Å²) in [7, 11) is 1.92. The average molecular weight is 343 g/mol. The fourth-order valence-electron chi connectivity index (χ4n) is 1.99. The van der Waals surface area contributed by atoms with Crippen LogP contribution in [0.5, 0.6) is 0 Å². The van der Waals surface area contributed by atoms with E-state index >= 15 is 0 Å². The molecule has 2 rings (SSSR count). The Bertz CT molecular complexity index is 553. The quantitative estimate of drug-likeness (QED) is 0.892. The van der Waals surface area contributed by atoms with Crippen LogP contribution in [0.1, 0.15) is 30.6 Å². The molecule has 0 saturated heterocycles. The molecule has 1 aromatic carbocycles. The van der Waals surface area contributed by atoms with Gasteiger partial charge in [-0.15, -0.1) is 0 Å². The van der Waals surface area contributed by atoms with Crippen molar-refractivity contribution in [3.63, 3.8) is 0 Å². The van der Waals surface area contributed by atoms with Crippen molar-refractivity contribution in [1.29, 1.82) is 0 Å². The molecular formula is C14H17BrClN3. The number of benzene rings is 1. The SMILES string of the molecule is CCCNC(c1ccn(C)n1)c1cc(Cl)ccc1Br. The van der Waals surface area contributed by atoms with Crippen molar-refractivity contribution in [1.82, 2.24) is 15.1 Å². The first-order valence-corrected chi connectivity index (χ1v) is 7.46. The fourth-order valence-corrected chi connectivity index (χ4v) is 2.64. The molecule has 102 valence electrons. The Balaban J connectivity index is 2.39. The molecule has 0 spiro atoms. The van der Waals surface area contributed by atoms with Crippen LogP contribution in [-0.4, -0.2) is 16.3 Å². The van der Waals surface area contributed by atoms with Crippen molar-refractivity contribution in [2.24, 2.45) is 7.05 Å². The van der Waals surface area contributed by atoms with Crippen molar-refractivity contribution in [3.8, 4) is 0 Å². The van der Waals surface area contributed by atoms with Gasteiger partial charge < -0.3 is 5.32 Å². The van der Waals surface area contributed by atoms with Gasteiger partial charge in [0.2, 0.25) is 0 Å². The Labute approximate surface area is 127 Å². The maximum absolute atomic E-state index is 6.11. The molecule has 1 atom stereocenters. The highest BCUT2D eigenvalue weighted by Gasteiger charge is 2.18. The van der Waals surface area contributed by atoms with E-state index in [0.29, 0.717) is 0 Å². The van der Waals surface area contributed by atoms with Gasteiger partial charge in [0.1, 0.15) is 0 Å². The van der Waals surface area contributed by atoms with Crippen LogP contribution in [-0.2, 0) is 7.05 Å². The molecule has 1 unspecified atom stereocenters. The number of halogens is 2. The number of nitrogens with zero attached hydrogens (tertiary/aromatic N) is 2. The van der Waals surface area contributed by atoms with Gasteiger partial charge in [0, 0.05) is 22.7 Å². The Hall–Kier alpha value is -0.840. The van der Waals surface area contributed by atoms with Crippen LogP contribution >= 0.6 is 27.5 Å². The summed E-state index contributed by atoms with van der Waals surface area (Å²) >= 11 is 9.71. The molecule has 1 heterocycles. The number of hydrogen-bond donors (Lipinski definition) is 1. The van der Waals surface area contributed by atoms with Crippen molar-refractivity contribution in [2.75, 3.05) is 6.54 Å². The van der Waals surface area contributed by atoms with E-state index in [9.17, 15) is 0 Å². The first-order valence-electron chi connectivity index (χ1n) is 6.29. The molecule has 3 nitrogen and oxygen atoms in total. The van der Waals surface area contributed by atoms with Gasteiger partial charge in [0.15, 0.2) is 0 Å². The summed E-state index contributed by atoms with van der Waals surface area (Å²) in [6, 6.07) is 7.91. The largest absolute Gasteiger partial charge is 0.305 e. The van der Waals surface area contributed by atoms with Gasteiger partial charge in [-0.2, -0.15) is 5.10 Å². The third kappa shape index (κ3) is 3.59.